The Morgan fingerprint density at radius 1 is 0.811 bits per heavy atom. The number of rotatable bonds is 12. The normalized spacial score (nSPS) is 16.8. The zero-order valence-electron chi connectivity index (χ0n) is 29.8. The Balaban J connectivity index is 0.000000366. The van der Waals surface area contributed by atoms with Gasteiger partial charge in [-0.2, -0.15) is 0 Å². The van der Waals surface area contributed by atoms with Crippen molar-refractivity contribution in [3.8, 4) is 0 Å². The zero-order chi connectivity index (χ0) is 37.5. The summed E-state index contributed by atoms with van der Waals surface area (Å²) in [7, 11) is 0. The van der Waals surface area contributed by atoms with Crippen molar-refractivity contribution in [2.75, 3.05) is 13.1 Å². The molecule has 15 nitrogen and oxygen atoms in total. The average Bonchev–Trinajstić information content (AvgIpc) is 3.95. The molecule has 0 bridgehead atoms. The summed E-state index contributed by atoms with van der Waals surface area (Å²) in [4.78, 5) is 88.6. The number of oxazole rings is 2. The highest BCUT2D eigenvalue weighted by Crippen LogP contribution is 2.37. The molecule has 2 saturated heterocycles. The molecule has 1 N–H and O–H groups in total. The van der Waals surface area contributed by atoms with Crippen LogP contribution >= 0.6 is 0 Å². The first-order valence-electron chi connectivity index (χ1n) is 17.0. The van der Waals surface area contributed by atoms with Gasteiger partial charge in [0.05, 0.1) is 12.1 Å². The Labute approximate surface area is 310 Å². The number of carbonyl (C=O) groups is 6. The van der Waals surface area contributed by atoms with Gasteiger partial charge in [-0.3, -0.25) is 24.2 Å². The zero-order valence-corrected chi connectivity index (χ0v) is 29.8. The fourth-order valence-electron chi connectivity index (χ4n) is 5.72. The van der Waals surface area contributed by atoms with Gasteiger partial charge in [0.15, 0.2) is 35.7 Å². The number of Topliss-reactive ketones (excluding diaryl/α,β-unsaturated/α-hetero) is 2. The molecular weight excluding hydrogens is 686 g/mol. The average molecular weight is 740 g/mol. The highest BCUT2D eigenvalue weighted by molar-refractivity contribution is 6.38. The summed E-state index contributed by atoms with van der Waals surface area (Å²) in [5, 5.41) is 9.12. The number of likely N-dealkylation sites (tertiary alicyclic amines) is 2. The van der Waals surface area contributed by atoms with Gasteiger partial charge in [-0.25, -0.2) is 19.6 Å². The number of hydrogen-bond acceptors (Lipinski definition) is 12. The van der Waals surface area contributed by atoms with Crippen molar-refractivity contribution in [3.05, 3.63) is 65.8 Å². The standard InChI is InChI=1S/C21H25N3O5.C15H20N2O5.2CH4/c1-4-21(2,3)18(25)19(26)24-10-6-8-15(24)17-16(23-13-29-17)20(27)28-12-14-7-5-9-22-11-14;1-4-15(2,3)12(18)13(19)17-7-5-6-9(17)11-10(14(20)21)16-8-22-11;;/h5,7,9,11,13,15H,4,6,8,10,12H2,1-3H3;8-9H,4-7H2,1-3H3,(H,20,21);2*1H4/t15-;9-;;/m00../s1. The van der Waals surface area contributed by atoms with E-state index in [-0.39, 0.29) is 44.4 Å². The number of carboxylic acid groups (broad SMARTS) is 1. The van der Waals surface area contributed by atoms with E-state index in [0.717, 1.165) is 18.4 Å². The maximum Gasteiger partial charge on any atom is 0.361 e. The van der Waals surface area contributed by atoms with Gasteiger partial charge >= 0.3 is 11.9 Å². The first-order valence-corrected chi connectivity index (χ1v) is 17.0. The second-order valence-corrected chi connectivity index (χ2v) is 13.8. The Kier molecular flexibility index (Phi) is 15.4. The number of hydrogen-bond donors (Lipinski definition) is 1. The Hall–Kier alpha value is -5.21. The summed E-state index contributed by atoms with van der Waals surface area (Å²) in [6.07, 6.45) is 9.11. The van der Waals surface area contributed by atoms with Crippen LogP contribution in [0.4, 0.5) is 0 Å². The number of pyridine rings is 1. The van der Waals surface area contributed by atoms with Crippen LogP contribution in [0.3, 0.4) is 0 Å². The first kappa shape index (κ1) is 44.0. The molecule has 3 aromatic rings. The van der Waals surface area contributed by atoms with Gasteiger partial charge in [0, 0.05) is 41.9 Å². The van der Waals surface area contributed by atoms with Crippen LogP contribution < -0.4 is 0 Å². The predicted octanol–water partition coefficient (Wildman–Crippen LogP) is 6.41. The van der Waals surface area contributed by atoms with Crippen LogP contribution in [0.25, 0.3) is 0 Å². The molecule has 0 radical (unpaired) electrons. The van der Waals surface area contributed by atoms with Crippen molar-refractivity contribution in [3.63, 3.8) is 0 Å². The van der Waals surface area contributed by atoms with Crippen LogP contribution in [-0.2, 0) is 30.5 Å². The molecule has 2 amide bonds. The minimum absolute atomic E-state index is 0. The number of aromatic carboxylic acids is 1. The summed E-state index contributed by atoms with van der Waals surface area (Å²) in [5.74, 6) is -3.48. The molecule has 3 aromatic heterocycles. The van der Waals surface area contributed by atoms with E-state index < -0.39 is 58.2 Å². The predicted molar refractivity (Wildman–Crippen MR) is 192 cm³/mol. The van der Waals surface area contributed by atoms with Crippen molar-refractivity contribution >= 4 is 35.3 Å². The number of nitrogens with zero attached hydrogens (tertiary/aromatic N) is 5. The third-order valence-corrected chi connectivity index (χ3v) is 9.70. The molecule has 15 heteroatoms. The molecular formula is C38H53N5O10. The van der Waals surface area contributed by atoms with Gasteiger partial charge in [0.25, 0.3) is 11.8 Å². The fourth-order valence-corrected chi connectivity index (χ4v) is 5.72. The minimum atomic E-state index is -1.21. The molecule has 2 atom stereocenters. The molecule has 2 aliphatic rings. The minimum Gasteiger partial charge on any atom is -0.476 e. The maximum atomic E-state index is 12.8. The molecule has 2 fully saturated rings. The maximum absolute atomic E-state index is 12.8. The topological polar surface area (TPSA) is 203 Å². The lowest BCUT2D eigenvalue weighted by molar-refractivity contribution is -0.150. The Bertz CT molecular complexity index is 1750. The van der Waals surface area contributed by atoms with E-state index in [0.29, 0.717) is 51.6 Å². The van der Waals surface area contributed by atoms with Crippen LogP contribution in [0, 0.1) is 10.8 Å². The molecule has 0 spiro atoms. The molecule has 0 unspecified atom stereocenters. The highest BCUT2D eigenvalue weighted by Gasteiger charge is 2.43. The number of ether oxygens (including phenoxy) is 1. The molecule has 0 saturated carbocycles. The van der Waals surface area contributed by atoms with Crippen molar-refractivity contribution in [1.82, 2.24) is 24.8 Å². The Morgan fingerprint density at radius 3 is 1.72 bits per heavy atom. The summed E-state index contributed by atoms with van der Waals surface area (Å²) in [5.41, 5.74) is -0.901. The van der Waals surface area contributed by atoms with Crippen molar-refractivity contribution in [1.29, 1.82) is 0 Å². The van der Waals surface area contributed by atoms with E-state index in [1.54, 1.807) is 52.2 Å². The van der Waals surface area contributed by atoms with Crippen molar-refractivity contribution in [2.24, 2.45) is 10.8 Å². The van der Waals surface area contributed by atoms with Crippen LogP contribution in [-0.4, -0.2) is 78.3 Å². The molecule has 5 rings (SSSR count). The first-order chi connectivity index (χ1) is 24.1. The van der Waals surface area contributed by atoms with Crippen LogP contribution in [0.1, 0.15) is 145 Å². The van der Waals surface area contributed by atoms with Crippen molar-refractivity contribution < 1.29 is 47.4 Å². The second-order valence-electron chi connectivity index (χ2n) is 13.8. The van der Waals surface area contributed by atoms with E-state index in [2.05, 4.69) is 15.0 Å². The second kappa shape index (κ2) is 18.5. The SMILES string of the molecule is C.C.CCC(C)(C)C(=O)C(=O)N1CCC[C@H]1c1ocnc1C(=O)O.CCC(C)(C)C(=O)C(=O)N1CCC[C@H]1c1ocnc1C(=O)OCc1cccnc1. The third-order valence-electron chi connectivity index (χ3n) is 9.70. The van der Waals surface area contributed by atoms with E-state index in [1.165, 1.54) is 9.80 Å². The Morgan fingerprint density at radius 2 is 1.28 bits per heavy atom. The molecule has 2 aliphatic heterocycles. The van der Waals surface area contributed by atoms with E-state index >= 15 is 0 Å². The number of aromatic nitrogens is 3. The number of amides is 2. The lowest BCUT2D eigenvalue weighted by Crippen LogP contribution is -2.42. The molecule has 5 heterocycles. The number of carbonyl (C=O) groups excluding carboxylic acids is 5. The van der Waals surface area contributed by atoms with E-state index in [1.807, 2.05) is 13.8 Å². The molecule has 0 aliphatic carbocycles. The van der Waals surface area contributed by atoms with Gasteiger partial charge < -0.3 is 28.5 Å². The molecule has 0 aromatic carbocycles. The highest BCUT2D eigenvalue weighted by atomic mass is 16.5. The van der Waals surface area contributed by atoms with Gasteiger partial charge in [-0.05, 0) is 44.6 Å². The summed E-state index contributed by atoms with van der Waals surface area (Å²) in [6.45, 7) is 11.6. The lowest BCUT2D eigenvalue weighted by atomic mass is 9.84. The van der Waals surface area contributed by atoms with Gasteiger partial charge in [0.1, 0.15) is 6.61 Å². The van der Waals surface area contributed by atoms with E-state index in [4.69, 9.17) is 18.7 Å². The monoisotopic (exact) mass is 739 g/mol. The third kappa shape index (κ3) is 9.82. The van der Waals surface area contributed by atoms with Gasteiger partial charge in [-0.15, -0.1) is 0 Å². The number of esters is 1. The van der Waals surface area contributed by atoms with Crippen LogP contribution in [0.5, 0.6) is 0 Å². The number of carboxylic acids is 1. The smallest absolute Gasteiger partial charge is 0.361 e. The quantitative estimate of drug-likeness (QED) is 0.158. The van der Waals surface area contributed by atoms with E-state index in [9.17, 15) is 28.8 Å². The molecule has 53 heavy (non-hydrogen) atoms. The largest absolute Gasteiger partial charge is 0.476 e. The lowest BCUT2D eigenvalue weighted by Gasteiger charge is -2.27. The van der Waals surface area contributed by atoms with Gasteiger partial charge in [-0.1, -0.05) is 62.5 Å². The summed E-state index contributed by atoms with van der Waals surface area (Å²) < 4.78 is 16.0. The van der Waals surface area contributed by atoms with Gasteiger partial charge in [0.2, 0.25) is 11.6 Å². The van der Waals surface area contributed by atoms with Crippen molar-refractivity contribution in [2.45, 2.75) is 114 Å². The molecule has 290 valence electrons. The fraction of sp³-hybridized carbons (Fsp3) is 0.553. The summed E-state index contributed by atoms with van der Waals surface area (Å²) >= 11 is 0. The summed E-state index contributed by atoms with van der Waals surface area (Å²) in [6, 6.07) is 2.49. The van der Waals surface area contributed by atoms with Crippen LogP contribution in [0.15, 0.2) is 46.1 Å². The number of ketones is 2. The van der Waals surface area contributed by atoms with Crippen LogP contribution in [0.2, 0.25) is 0 Å².